The lowest BCUT2D eigenvalue weighted by Crippen LogP contribution is -2.36. The number of rotatable bonds is 17. The first kappa shape index (κ1) is 31.7. The highest BCUT2D eigenvalue weighted by Gasteiger charge is 2.21. The normalized spacial score (nSPS) is 11.4. The van der Waals surface area contributed by atoms with E-state index < -0.39 is 5.60 Å². The molecule has 43 heavy (non-hydrogen) atoms. The third kappa shape index (κ3) is 9.67. The smallest absolute Gasteiger partial charge is 0.319 e. The molecule has 0 saturated heterocycles. The Balaban J connectivity index is 1.16. The number of para-hydroxylation sites is 2. The van der Waals surface area contributed by atoms with Crippen LogP contribution in [0.4, 0.5) is 0 Å². The SMILES string of the molecule is CCOC(C)(C)CC(=O)NCCOCCOCCOc1ncc(-c2ccc(-c3cnc4ccccc4n3)cc2)c(OC)n1. The van der Waals surface area contributed by atoms with E-state index in [-0.39, 0.29) is 18.5 Å². The summed E-state index contributed by atoms with van der Waals surface area (Å²) in [5, 5.41) is 2.83. The van der Waals surface area contributed by atoms with Crippen molar-refractivity contribution in [2.45, 2.75) is 32.8 Å². The van der Waals surface area contributed by atoms with Crippen LogP contribution in [0.2, 0.25) is 0 Å². The average molecular weight is 590 g/mol. The van der Waals surface area contributed by atoms with Crippen LogP contribution in [0.25, 0.3) is 33.4 Å². The van der Waals surface area contributed by atoms with Gasteiger partial charge < -0.3 is 29.0 Å². The zero-order valence-corrected chi connectivity index (χ0v) is 25.2. The van der Waals surface area contributed by atoms with Gasteiger partial charge >= 0.3 is 6.01 Å². The van der Waals surface area contributed by atoms with Crippen molar-refractivity contribution < 1.29 is 28.5 Å². The Kier molecular flexibility index (Phi) is 11.7. The van der Waals surface area contributed by atoms with Crippen LogP contribution in [0.1, 0.15) is 27.2 Å². The number of amides is 1. The molecule has 0 unspecified atom stereocenters. The minimum absolute atomic E-state index is 0.0625. The monoisotopic (exact) mass is 589 g/mol. The molecule has 0 aliphatic heterocycles. The van der Waals surface area contributed by atoms with Crippen molar-refractivity contribution in [3.63, 3.8) is 0 Å². The summed E-state index contributed by atoms with van der Waals surface area (Å²) in [6, 6.07) is 15.9. The number of carbonyl (C=O) groups is 1. The molecule has 0 atom stereocenters. The van der Waals surface area contributed by atoms with E-state index in [9.17, 15) is 4.79 Å². The lowest BCUT2D eigenvalue weighted by Gasteiger charge is -2.23. The fourth-order valence-electron chi connectivity index (χ4n) is 4.36. The van der Waals surface area contributed by atoms with E-state index in [1.165, 1.54) is 0 Å². The Morgan fingerprint density at radius 3 is 2.28 bits per heavy atom. The van der Waals surface area contributed by atoms with Gasteiger partial charge in [-0.25, -0.2) is 9.97 Å². The van der Waals surface area contributed by atoms with E-state index in [0.29, 0.717) is 51.9 Å². The number of nitrogens with one attached hydrogen (secondary N) is 1. The fraction of sp³-hybridized carbons (Fsp3) is 0.406. The summed E-state index contributed by atoms with van der Waals surface area (Å²) in [7, 11) is 1.56. The van der Waals surface area contributed by atoms with Crippen LogP contribution in [0, 0.1) is 0 Å². The number of fused-ring (bicyclic) bond motifs is 1. The Labute approximate surface area is 251 Å². The molecule has 0 spiro atoms. The molecular formula is C32H39N5O6. The zero-order chi connectivity index (χ0) is 30.5. The molecule has 11 heteroatoms. The standard InChI is InChI=1S/C32H39N5O6/c1-5-43-32(2,3)20-29(38)33-14-15-40-16-17-41-18-19-42-31-35-21-25(30(37-31)39-4)23-10-12-24(13-11-23)28-22-34-26-8-6-7-9-27(26)36-28/h6-13,21-22H,5,14-20H2,1-4H3,(H,33,38). The van der Waals surface area contributed by atoms with E-state index in [2.05, 4.69) is 20.3 Å². The van der Waals surface area contributed by atoms with Gasteiger partial charge in [0, 0.05) is 24.9 Å². The highest BCUT2D eigenvalue weighted by Crippen LogP contribution is 2.30. The molecular weight excluding hydrogens is 550 g/mol. The van der Waals surface area contributed by atoms with Gasteiger partial charge in [0.05, 0.1) is 74.0 Å². The highest BCUT2D eigenvalue weighted by molar-refractivity contribution is 5.78. The second kappa shape index (κ2) is 15.9. The van der Waals surface area contributed by atoms with Gasteiger partial charge in [-0.3, -0.25) is 9.78 Å². The molecule has 2 aromatic heterocycles. The summed E-state index contributed by atoms with van der Waals surface area (Å²) in [4.78, 5) is 29.9. The fourth-order valence-corrected chi connectivity index (χ4v) is 4.36. The molecule has 4 aromatic rings. The predicted octanol–water partition coefficient (Wildman–Crippen LogP) is 4.50. The number of aromatic nitrogens is 4. The maximum absolute atomic E-state index is 12.0. The lowest BCUT2D eigenvalue weighted by atomic mass is 10.0. The van der Waals surface area contributed by atoms with Gasteiger partial charge in [0.2, 0.25) is 11.8 Å². The molecule has 1 amide bonds. The molecule has 1 N–H and O–H groups in total. The Morgan fingerprint density at radius 2 is 1.53 bits per heavy atom. The predicted molar refractivity (Wildman–Crippen MR) is 163 cm³/mol. The summed E-state index contributed by atoms with van der Waals surface area (Å²) >= 11 is 0. The van der Waals surface area contributed by atoms with Crippen molar-refractivity contribution in [3.8, 4) is 34.3 Å². The van der Waals surface area contributed by atoms with E-state index >= 15 is 0 Å². The van der Waals surface area contributed by atoms with Gasteiger partial charge in [-0.1, -0.05) is 36.4 Å². The van der Waals surface area contributed by atoms with Crippen LogP contribution in [-0.4, -0.2) is 84.7 Å². The summed E-state index contributed by atoms with van der Waals surface area (Å²) in [5.41, 5.74) is 4.64. The zero-order valence-electron chi connectivity index (χ0n) is 25.2. The van der Waals surface area contributed by atoms with Crippen LogP contribution < -0.4 is 14.8 Å². The first-order valence-electron chi connectivity index (χ1n) is 14.3. The van der Waals surface area contributed by atoms with Gasteiger partial charge in [0.1, 0.15) is 6.61 Å². The minimum atomic E-state index is -0.476. The summed E-state index contributed by atoms with van der Waals surface area (Å²) in [6.07, 6.45) is 3.76. The lowest BCUT2D eigenvalue weighted by molar-refractivity contribution is -0.127. The number of nitrogens with zero attached hydrogens (tertiary/aromatic N) is 4. The number of carbonyl (C=O) groups excluding carboxylic acids is 1. The molecule has 0 aliphatic rings. The van der Waals surface area contributed by atoms with Crippen molar-refractivity contribution in [3.05, 3.63) is 60.9 Å². The summed E-state index contributed by atoms with van der Waals surface area (Å²) < 4.78 is 27.7. The first-order valence-corrected chi connectivity index (χ1v) is 14.3. The van der Waals surface area contributed by atoms with Crippen LogP contribution in [-0.2, 0) is 19.0 Å². The number of ether oxygens (including phenoxy) is 5. The maximum atomic E-state index is 12.0. The number of hydrogen-bond acceptors (Lipinski definition) is 10. The van der Waals surface area contributed by atoms with Gasteiger partial charge in [-0.05, 0) is 38.5 Å². The largest absolute Gasteiger partial charge is 0.480 e. The topological polar surface area (TPSA) is 127 Å². The van der Waals surface area contributed by atoms with Crippen LogP contribution >= 0.6 is 0 Å². The molecule has 2 heterocycles. The third-order valence-electron chi connectivity index (χ3n) is 6.39. The summed E-state index contributed by atoms with van der Waals surface area (Å²) in [6.45, 7) is 8.55. The molecule has 2 aromatic carbocycles. The first-order chi connectivity index (χ1) is 20.9. The molecule has 0 fully saturated rings. The molecule has 0 aliphatic carbocycles. The number of benzene rings is 2. The molecule has 11 nitrogen and oxygen atoms in total. The van der Waals surface area contributed by atoms with Crippen molar-refractivity contribution in [2.24, 2.45) is 0 Å². The van der Waals surface area contributed by atoms with Crippen LogP contribution in [0.15, 0.2) is 60.9 Å². The van der Waals surface area contributed by atoms with Crippen molar-refractivity contribution in [1.29, 1.82) is 0 Å². The van der Waals surface area contributed by atoms with Gasteiger partial charge in [0.15, 0.2) is 0 Å². The van der Waals surface area contributed by atoms with E-state index in [1.807, 2.05) is 69.3 Å². The summed E-state index contributed by atoms with van der Waals surface area (Å²) in [5.74, 6) is 0.346. The molecule has 228 valence electrons. The maximum Gasteiger partial charge on any atom is 0.319 e. The van der Waals surface area contributed by atoms with E-state index in [4.69, 9.17) is 28.7 Å². The highest BCUT2D eigenvalue weighted by atomic mass is 16.5. The quantitative estimate of drug-likeness (QED) is 0.176. The van der Waals surface area contributed by atoms with Crippen molar-refractivity contribution >= 4 is 16.9 Å². The number of hydrogen-bond donors (Lipinski definition) is 1. The second-order valence-electron chi connectivity index (χ2n) is 10.2. The van der Waals surface area contributed by atoms with Gasteiger partial charge in [0.25, 0.3) is 0 Å². The van der Waals surface area contributed by atoms with Crippen molar-refractivity contribution in [1.82, 2.24) is 25.3 Å². The number of methoxy groups -OCH3 is 1. The van der Waals surface area contributed by atoms with Crippen molar-refractivity contribution in [2.75, 3.05) is 53.3 Å². The van der Waals surface area contributed by atoms with Crippen LogP contribution in [0.3, 0.4) is 0 Å². The molecule has 0 bridgehead atoms. The van der Waals surface area contributed by atoms with Gasteiger partial charge in [-0.15, -0.1) is 0 Å². The van der Waals surface area contributed by atoms with Gasteiger partial charge in [-0.2, -0.15) is 4.98 Å². The third-order valence-corrected chi connectivity index (χ3v) is 6.39. The molecule has 0 saturated carbocycles. The molecule has 0 radical (unpaired) electrons. The van der Waals surface area contributed by atoms with Crippen LogP contribution in [0.5, 0.6) is 11.9 Å². The Bertz CT molecular complexity index is 1460. The molecule has 4 rings (SSSR count). The Morgan fingerprint density at radius 1 is 0.837 bits per heavy atom. The van der Waals surface area contributed by atoms with E-state index in [0.717, 1.165) is 33.4 Å². The minimum Gasteiger partial charge on any atom is -0.480 e. The Hall–Kier alpha value is -4.19. The second-order valence-corrected chi connectivity index (χ2v) is 10.2. The van der Waals surface area contributed by atoms with E-state index in [1.54, 1.807) is 19.5 Å². The average Bonchev–Trinajstić information content (AvgIpc) is 3.01.